The van der Waals surface area contributed by atoms with Crippen LogP contribution in [0.25, 0.3) is 5.78 Å². The van der Waals surface area contributed by atoms with Gasteiger partial charge in [0.25, 0.3) is 5.78 Å². The molecule has 1 aromatic carbocycles. The standard InChI is InChI=1S/C18H22N6OS/c1-12-9-13(2)24-17(20-12)21-22-18(24)26-11-16(25)19-10-14-5-7-15(8-6-14)23(3)4/h5-9H,10-11H2,1-4H3,(H,19,25). The van der Waals surface area contributed by atoms with Crippen LogP contribution < -0.4 is 10.2 Å². The van der Waals surface area contributed by atoms with E-state index < -0.39 is 0 Å². The lowest BCUT2D eigenvalue weighted by atomic mass is 10.2. The number of anilines is 1. The molecule has 8 heteroatoms. The summed E-state index contributed by atoms with van der Waals surface area (Å²) in [5.74, 6) is 0.803. The predicted octanol–water partition coefficient (Wildman–Crippen LogP) is 2.22. The number of amides is 1. The lowest BCUT2D eigenvalue weighted by Crippen LogP contribution is -2.24. The Kier molecular flexibility index (Phi) is 5.41. The Balaban J connectivity index is 1.56. The van der Waals surface area contributed by atoms with Gasteiger partial charge in [0.2, 0.25) is 5.91 Å². The van der Waals surface area contributed by atoms with E-state index in [4.69, 9.17) is 0 Å². The average molecular weight is 370 g/mol. The molecule has 0 saturated carbocycles. The van der Waals surface area contributed by atoms with Gasteiger partial charge in [0.1, 0.15) is 0 Å². The summed E-state index contributed by atoms with van der Waals surface area (Å²) in [6, 6.07) is 10.1. The maximum absolute atomic E-state index is 12.1. The summed E-state index contributed by atoms with van der Waals surface area (Å²) in [6.45, 7) is 4.41. The van der Waals surface area contributed by atoms with Crippen molar-refractivity contribution in [2.75, 3.05) is 24.7 Å². The van der Waals surface area contributed by atoms with Crippen LogP contribution in [-0.2, 0) is 11.3 Å². The van der Waals surface area contributed by atoms with Gasteiger partial charge in [-0.25, -0.2) is 4.98 Å². The van der Waals surface area contributed by atoms with Crippen molar-refractivity contribution in [2.24, 2.45) is 0 Å². The molecule has 7 nitrogen and oxygen atoms in total. The molecular weight excluding hydrogens is 348 g/mol. The van der Waals surface area contributed by atoms with E-state index in [1.165, 1.54) is 11.8 Å². The predicted molar refractivity (Wildman–Crippen MR) is 104 cm³/mol. The highest BCUT2D eigenvalue weighted by atomic mass is 32.2. The van der Waals surface area contributed by atoms with Crippen molar-refractivity contribution in [3.8, 4) is 0 Å². The Morgan fingerprint density at radius 1 is 1.19 bits per heavy atom. The largest absolute Gasteiger partial charge is 0.378 e. The number of rotatable bonds is 6. The maximum Gasteiger partial charge on any atom is 0.256 e. The summed E-state index contributed by atoms with van der Waals surface area (Å²) in [5, 5.41) is 11.8. The van der Waals surface area contributed by atoms with E-state index in [9.17, 15) is 4.79 Å². The van der Waals surface area contributed by atoms with E-state index in [1.807, 2.05) is 67.6 Å². The van der Waals surface area contributed by atoms with Gasteiger partial charge in [0, 0.05) is 37.7 Å². The highest BCUT2D eigenvalue weighted by Crippen LogP contribution is 2.18. The van der Waals surface area contributed by atoms with Crippen LogP contribution in [0, 0.1) is 13.8 Å². The van der Waals surface area contributed by atoms with Crippen LogP contribution in [0.4, 0.5) is 5.69 Å². The van der Waals surface area contributed by atoms with Crippen LogP contribution in [0.3, 0.4) is 0 Å². The molecule has 0 saturated heterocycles. The monoisotopic (exact) mass is 370 g/mol. The fourth-order valence-electron chi connectivity index (χ4n) is 2.59. The molecule has 3 aromatic rings. The van der Waals surface area contributed by atoms with Crippen molar-refractivity contribution in [2.45, 2.75) is 25.5 Å². The Morgan fingerprint density at radius 2 is 1.92 bits per heavy atom. The summed E-state index contributed by atoms with van der Waals surface area (Å²) < 4.78 is 1.87. The lowest BCUT2D eigenvalue weighted by Gasteiger charge is -2.12. The van der Waals surface area contributed by atoms with Gasteiger partial charge >= 0.3 is 0 Å². The second-order valence-electron chi connectivity index (χ2n) is 6.28. The third-order valence-electron chi connectivity index (χ3n) is 3.94. The number of hydrogen-bond acceptors (Lipinski definition) is 6. The maximum atomic E-state index is 12.1. The van der Waals surface area contributed by atoms with Gasteiger partial charge in [0.15, 0.2) is 5.16 Å². The van der Waals surface area contributed by atoms with Gasteiger partial charge < -0.3 is 10.2 Å². The Bertz CT molecular complexity index is 919. The third-order valence-corrected chi connectivity index (χ3v) is 4.87. The molecule has 0 aliphatic rings. The molecule has 0 bridgehead atoms. The Hall–Kier alpha value is -2.61. The van der Waals surface area contributed by atoms with E-state index >= 15 is 0 Å². The fraction of sp³-hybridized carbons (Fsp3) is 0.333. The van der Waals surface area contributed by atoms with Crippen molar-refractivity contribution >= 4 is 29.1 Å². The van der Waals surface area contributed by atoms with Gasteiger partial charge in [-0.15, -0.1) is 10.2 Å². The molecule has 0 fully saturated rings. The van der Waals surface area contributed by atoms with Crippen LogP contribution in [-0.4, -0.2) is 45.3 Å². The summed E-state index contributed by atoms with van der Waals surface area (Å²) >= 11 is 1.36. The van der Waals surface area contributed by atoms with E-state index in [0.717, 1.165) is 22.6 Å². The second kappa shape index (κ2) is 7.74. The first-order chi connectivity index (χ1) is 12.4. The minimum Gasteiger partial charge on any atom is -0.378 e. The first-order valence-electron chi connectivity index (χ1n) is 8.29. The van der Waals surface area contributed by atoms with Crippen molar-refractivity contribution in [3.63, 3.8) is 0 Å². The highest BCUT2D eigenvalue weighted by molar-refractivity contribution is 7.99. The molecule has 2 heterocycles. The average Bonchev–Trinajstić information content (AvgIpc) is 3.01. The number of fused-ring (bicyclic) bond motifs is 1. The first kappa shape index (κ1) is 18.2. The first-order valence-corrected chi connectivity index (χ1v) is 9.28. The zero-order chi connectivity index (χ0) is 18.7. The SMILES string of the molecule is Cc1cc(C)n2c(SCC(=O)NCc3ccc(N(C)C)cc3)nnc2n1. The zero-order valence-corrected chi connectivity index (χ0v) is 16.2. The number of nitrogens with zero attached hydrogens (tertiary/aromatic N) is 5. The molecule has 1 N–H and O–H groups in total. The zero-order valence-electron chi connectivity index (χ0n) is 15.4. The van der Waals surface area contributed by atoms with Crippen molar-refractivity contribution in [1.29, 1.82) is 0 Å². The molecule has 26 heavy (non-hydrogen) atoms. The van der Waals surface area contributed by atoms with Crippen LogP contribution >= 0.6 is 11.8 Å². The Morgan fingerprint density at radius 3 is 2.62 bits per heavy atom. The van der Waals surface area contributed by atoms with Crippen LogP contribution in [0.2, 0.25) is 0 Å². The van der Waals surface area contributed by atoms with E-state index in [2.05, 4.69) is 20.5 Å². The summed E-state index contributed by atoms with van der Waals surface area (Å²) in [7, 11) is 4.00. The summed E-state index contributed by atoms with van der Waals surface area (Å²) in [5.41, 5.74) is 4.10. The summed E-state index contributed by atoms with van der Waals surface area (Å²) in [6.07, 6.45) is 0. The van der Waals surface area contributed by atoms with Crippen LogP contribution in [0.15, 0.2) is 35.5 Å². The number of thioether (sulfide) groups is 1. The molecule has 1 amide bonds. The lowest BCUT2D eigenvalue weighted by molar-refractivity contribution is -0.118. The molecule has 136 valence electrons. The third kappa shape index (κ3) is 4.13. The molecule has 0 spiro atoms. The number of aryl methyl sites for hydroxylation is 2. The van der Waals surface area contributed by atoms with Gasteiger partial charge in [-0.2, -0.15) is 0 Å². The van der Waals surface area contributed by atoms with Gasteiger partial charge in [-0.3, -0.25) is 9.20 Å². The quantitative estimate of drug-likeness (QED) is 0.671. The molecule has 2 aromatic heterocycles. The highest BCUT2D eigenvalue weighted by Gasteiger charge is 2.12. The molecule has 0 aliphatic heterocycles. The number of hydrogen-bond donors (Lipinski definition) is 1. The van der Waals surface area contributed by atoms with Gasteiger partial charge in [-0.1, -0.05) is 23.9 Å². The summed E-state index contributed by atoms with van der Waals surface area (Å²) in [4.78, 5) is 18.5. The van der Waals surface area contributed by atoms with E-state index in [1.54, 1.807) is 0 Å². The fourth-order valence-corrected chi connectivity index (χ4v) is 3.40. The number of carbonyl (C=O) groups excluding carboxylic acids is 1. The second-order valence-corrected chi connectivity index (χ2v) is 7.23. The van der Waals surface area contributed by atoms with Crippen molar-refractivity contribution in [3.05, 3.63) is 47.3 Å². The topological polar surface area (TPSA) is 75.4 Å². The molecule has 3 rings (SSSR count). The molecule has 0 aliphatic carbocycles. The Labute approximate surface area is 156 Å². The normalized spacial score (nSPS) is 10.9. The number of benzene rings is 1. The van der Waals surface area contributed by atoms with E-state index in [-0.39, 0.29) is 11.7 Å². The van der Waals surface area contributed by atoms with E-state index in [0.29, 0.717) is 17.5 Å². The van der Waals surface area contributed by atoms with Crippen LogP contribution in [0.1, 0.15) is 17.0 Å². The van der Waals surface area contributed by atoms with Crippen molar-refractivity contribution in [1.82, 2.24) is 24.9 Å². The minimum atomic E-state index is -0.0406. The molecule has 0 radical (unpaired) electrons. The van der Waals surface area contributed by atoms with Gasteiger partial charge in [-0.05, 0) is 37.6 Å². The minimum absolute atomic E-state index is 0.0406. The van der Waals surface area contributed by atoms with Crippen LogP contribution in [0.5, 0.6) is 0 Å². The van der Waals surface area contributed by atoms with Crippen molar-refractivity contribution < 1.29 is 4.79 Å². The number of aromatic nitrogens is 4. The molecular formula is C18H22N6OS. The number of carbonyl (C=O) groups is 1. The number of nitrogens with one attached hydrogen (secondary N) is 1. The molecule has 0 unspecified atom stereocenters. The smallest absolute Gasteiger partial charge is 0.256 e. The van der Waals surface area contributed by atoms with Gasteiger partial charge in [0.05, 0.1) is 5.75 Å². The molecule has 0 atom stereocenters.